The van der Waals surface area contributed by atoms with Crippen LogP contribution in [-0.2, 0) is 13.6 Å². The molecule has 3 aromatic heterocycles. The zero-order chi connectivity index (χ0) is 16.7. The van der Waals surface area contributed by atoms with Gasteiger partial charge in [-0.1, -0.05) is 6.07 Å². The first kappa shape index (κ1) is 19.8. The maximum Gasteiger partial charge on any atom is 0.132 e. The number of nitrogens with zero attached hydrogens (tertiary/aromatic N) is 5. The monoisotopic (exact) mass is 394 g/mol. The molecule has 6 nitrogen and oxygen atoms in total. The van der Waals surface area contributed by atoms with Crippen LogP contribution in [0.25, 0.3) is 28.0 Å². The minimum atomic E-state index is -0.350. The van der Waals surface area contributed by atoms with E-state index in [9.17, 15) is 4.39 Å². The summed E-state index contributed by atoms with van der Waals surface area (Å²) in [5.41, 5.74) is 9.53. The molecule has 4 aromatic rings. The Morgan fingerprint density at radius 3 is 2.58 bits per heavy atom. The van der Waals surface area contributed by atoms with Gasteiger partial charge in [0.1, 0.15) is 5.82 Å². The molecule has 0 aliphatic heterocycles. The molecule has 3 heterocycles. The van der Waals surface area contributed by atoms with E-state index in [1.54, 1.807) is 27.7 Å². The molecule has 0 bridgehead atoms. The molecule has 0 spiro atoms. The van der Waals surface area contributed by atoms with Gasteiger partial charge < -0.3 is 5.73 Å². The van der Waals surface area contributed by atoms with Crippen molar-refractivity contribution in [2.45, 2.75) is 6.54 Å². The topological polar surface area (TPSA) is 74.0 Å². The summed E-state index contributed by atoms with van der Waals surface area (Å²) >= 11 is 0. The Bertz CT molecular complexity index is 1040. The highest BCUT2D eigenvalue weighted by molar-refractivity contribution is 5.85. The van der Waals surface area contributed by atoms with Gasteiger partial charge in [-0.15, -0.1) is 24.8 Å². The molecule has 136 valence electrons. The van der Waals surface area contributed by atoms with Gasteiger partial charge in [0.25, 0.3) is 0 Å². The smallest absolute Gasteiger partial charge is 0.132 e. The molecular formula is C17H17Cl2FN6. The molecule has 4 rings (SSSR count). The highest BCUT2D eigenvalue weighted by Gasteiger charge is 2.15. The number of aromatic nitrogens is 5. The summed E-state index contributed by atoms with van der Waals surface area (Å²) in [6.45, 7) is 0.294. The van der Waals surface area contributed by atoms with Gasteiger partial charge in [-0.25, -0.2) is 13.9 Å². The molecule has 0 atom stereocenters. The van der Waals surface area contributed by atoms with Crippen LogP contribution < -0.4 is 5.73 Å². The first-order valence-corrected chi connectivity index (χ1v) is 7.48. The molecule has 0 amide bonds. The zero-order valence-corrected chi connectivity index (χ0v) is 15.5. The summed E-state index contributed by atoms with van der Waals surface area (Å²) in [5.74, 6) is -0.350. The number of aryl methyl sites for hydroxylation is 1. The number of halogens is 3. The van der Waals surface area contributed by atoms with Gasteiger partial charge in [-0.05, 0) is 23.8 Å². The van der Waals surface area contributed by atoms with Crippen LogP contribution in [-0.4, -0.2) is 24.4 Å². The van der Waals surface area contributed by atoms with Crippen LogP contribution in [0.2, 0.25) is 0 Å². The molecule has 0 unspecified atom stereocenters. The Labute approximate surface area is 161 Å². The maximum absolute atomic E-state index is 14.6. The van der Waals surface area contributed by atoms with Gasteiger partial charge in [0, 0.05) is 30.9 Å². The number of hydrogen-bond donors (Lipinski definition) is 1. The van der Waals surface area contributed by atoms with Crippen molar-refractivity contribution in [3.63, 3.8) is 0 Å². The van der Waals surface area contributed by atoms with Crippen molar-refractivity contribution in [1.29, 1.82) is 0 Å². The lowest BCUT2D eigenvalue weighted by atomic mass is 10.1. The van der Waals surface area contributed by atoms with Gasteiger partial charge in [-0.3, -0.25) is 4.68 Å². The lowest BCUT2D eigenvalue weighted by Gasteiger charge is -2.09. The number of fused-ring (bicyclic) bond motifs is 1. The second kappa shape index (κ2) is 7.82. The second-order valence-corrected chi connectivity index (χ2v) is 5.56. The van der Waals surface area contributed by atoms with Crippen molar-refractivity contribution in [2.75, 3.05) is 0 Å². The minimum Gasteiger partial charge on any atom is -0.326 e. The Balaban J connectivity index is 0.00000121. The van der Waals surface area contributed by atoms with Crippen LogP contribution in [0.5, 0.6) is 0 Å². The van der Waals surface area contributed by atoms with Crippen LogP contribution in [0.15, 0.2) is 49.1 Å². The standard InChI is InChI=1S/C17H15FN6.2ClH/c1-23-9-12(8-21-23)15-10-24-16(4-5-20-24)17(22-15)13-3-2-11(7-19)6-14(13)18;;/h2-6,8-10H,7,19H2,1H3;2*1H. The molecule has 0 saturated heterocycles. The summed E-state index contributed by atoms with van der Waals surface area (Å²) in [6, 6.07) is 6.77. The number of benzene rings is 1. The quantitative estimate of drug-likeness (QED) is 0.578. The van der Waals surface area contributed by atoms with Gasteiger partial charge in [0.2, 0.25) is 0 Å². The predicted molar refractivity (Wildman–Crippen MR) is 103 cm³/mol. The van der Waals surface area contributed by atoms with Gasteiger partial charge in [0.05, 0.1) is 35.5 Å². The fraction of sp³-hybridized carbons (Fsp3) is 0.118. The Hall–Kier alpha value is -2.48. The van der Waals surface area contributed by atoms with E-state index in [0.29, 0.717) is 23.5 Å². The van der Waals surface area contributed by atoms with Crippen LogP contribution in [0.3, 0.4) is 0 Å². The summed E-state index contributed by atoms with van der Waals surface area (Å²) < 4.78 is 17.9. The minimum absolute atomic E-state index is 0. The van der Waals surface area contributed by atoms with E-state index >= 15 is 0 Å². The molecule has 0 aliphatic rings. The summed E-state index contributed by atoms with van der Waals surface area (Å²) in [6.07, 6.45) is 7.05. The van der Waals surface area contributed by atoms with Crippen molar-refractivity contribution in [3.05, 3.63) is 60.4 Å². The van der Waals surface area contributed by atoms with Crippen molar-refractivity contribution >= 4 is 30.3 Å². The molecule has 0 radical (unpaired) electrons. The fourth-order valence-electron chi connectivity index (χ4n) is 2.70. The van der Waals surface area contributed by atoms with Crippen molar-refractivity contribution in [2.24, 2.45) is 12.8 Å². The lowest BCUT2D eigenvalue weighted by Crippen LogP contribution is -2.00. The maximum atomic E-state index is 14.6. The van der Waals surface area contributed by atoms with E-state index in [1.165, 1.54) is 6.07 Å². The van der Waals surface area contributed by atoms with Gasteiger partial charge in [0.15, 0.2) is 0 Å². The Kier molecular flexibility index (Phi) is 5.97. The fourth-order valence-corrected chi connectivity index (χ4v) is 2.70. The molecule has 1 aromatic carbocycles. The van der Waals surface area contributed by atoms with E-state index < -0.39 is 0 Å². The average molecular weight is 395 g/mol. The average Bonchev–Trinajstić information content (AvgIpc) is 3.22. The molecule has 2 N–H and O–H groups in total. The molecule has 0 aliphatic carbocycles. The molecule has 9 heteroatoms. The highest BCUT2D eigenvalue weighted by atomic mass is 35.5. The zero-order valence-electron chi connectivity index (χ0n) is 13.8. The van der Waals surface area contributed by atoms with Gasteiger partial charge >= 0.3 is 0 Å². The van der Waals surface area contributed by atoms with Crippen molar-refractivity contribution in [3.8, 4) is 22.5 Å². The predicted octanol–water partition coefficient (Wildman–Crippen LogP) is 3.24. The van der Waals surface area contributed by atoms with E-state index in [0.717, 1.165) is 16.6 Å². The van der Waals surface area contributed by atoms with Crippen LogP contribution in [0.4, 0.5) is 4.39 Å². The van der Waals surface area contributed by atoms with Crippen LogP contribution >= 0.6 is 24.8 Å². The molecular weight excluding hydrogens is 378 g/mol. The molecule has 0 fully saturated rings. The van der Waals surface area contributed by atoms with Crippen LogP contribution in [0.1, 0.15) is 5.56 Å². The third-order valence-corrected chi connectivity index (χ3v) is 3.91. The molecule has 0 saturated carbocycles. The van der Waals surface area contributed by atoms with Crippen molar-refractivity contribution in [1.82, 2.24) is 24.4 Å². The third-order valence-electron chi connectivity index (χ3n) is 3.91. The normalized spacial score (nSPS) is 10.4. The number of rotatable bonds is 3. The largest absolute Gasteiger partial charge is 0.326 e. The van der Waals surface area contributed by atoms with Gasteiger partial charge in [-0.2, -0.15) is 10.2 Å². The first-order valence-electron chi connectivity index (χ1n) is 7.48. The highest BCUT2D eigenvalue weighted by Crippen LogP contribution is 2.29. The number of hydrogen-bond acceptors (Lipinski definition) is 4. The second-order valence-electron chi connectivity index (χ2n) is 5.56. The summed E-state index contributed by atoms with van der Waals surface area (Å²) in [7, 11) is 1.84. The first-order chi connectivity index (χ1) is 11.7. The number of nitrogens with two attached hydrogens (primary N) is 1. The van der Waals surface area contributed by atoms with E-state index in [-0.39, 0.29) is 30.6 Å². The van der Waals surface area contributed by atoms with E-state index in [2.05, 4.69) is 15.2 Å². The third kappa shape index (κ3) is 3.41. The lowest BCUT2D eigenvalue weighted by molar-refractivity contribution is 0.628. The Morgan fingerprint density at radius 1 is 1.12 bits per heavy atom. The van der Waals surface area contributed by atoms with Crippen molar-refractivity contribution < 1.29 is 4.39 Å². The Morgan fingerprint density at radius 2 is 1.92 bits per heavy atom. The summed E-state index contributed by atoms with van der Waals surface area (Å²) in [4.78, 5) is 4.66. The molecule has 26 heavy (non-hydrogen) atoms. The SMILES string of the molecule is Cl.Cl.Cn1cc(-c2cn3nccc3c(-c3ccc(CN)cc3F)n2)cn1. The van der Waals surface area contributed by atoms with E-state index in [4.69, 9.17) is 5.73 Å². The van der Waals surface area contributed by atoms with E-state index in [1.807, 2.05) is 31.6 Å². The van der Waals surface area contributed by atoms with Crippen LogP contribution in [0, 0.1) is 5.82 Å². The summed E-state index contributed by atoms with van der Waals surface area (Å²) in [5, 5.41) is 8.43.